The Balaban J connectivity index is 2.36. The third kappa shape index (κ3) is 5.92. The second kappa shape index (κ2) is 9.24. The summed E-state index contributed by atoms with van der Waals surface area (Å²) in [5.41, 5.74) is 1.67. The molecule has 1 unspecified atom stereocenters. The molecule has 0 bridgehead atoms. The van der Waals surface area contributed by atoms with Crippen LogP contribution in [0.4, 0.5) is 9.59 Å². The fourth-order valence-electron chi connectivity index (χ4n) is 3.39. The predicted molar refractivity (Wildman–Crippen MR) is 113 cm³/mol. The zero-order valence-corrected chi connectivity index (χ0v) is 18.5. The van der Waals surface area contributed by atoms with Gasteiger partial charge in [-0.2, -0.15) is 0 Å². The van der Waals surface area contributed by atoms with E-state index in [4.69, 9.17) is 9.47 Å². The van der Waals surface area contributed by atoms with Crippen molar-refractivity contribution in [2.24, 2.45) is 0 Å². The monoisotopic (exact) mass is 406 g/mol. The summed E-state index contributed by atoms with van der Waals surface area (Å²) < 4.78 is 10.9. The van der Waals surface area contributed by atoms with Gasteiger partial charge in [0.2, 0.25) is 0 Å². The average molecular weight is 407 g/mol. The number of carbonyl (C=O) groups is 2. The van der Waals surface area contributed by atoms with E-state index >= 15 is 0 Å². The van der Waals surface area contributed by atoms with Crippen molar-refractivity contribution in [1.29, 1.82) is 0 Å². The van der Waals surface area contributed by atoms with Crippen molar-refractivity contribution in [2.45, 2.75) is 58.7 Å². The van der Waals surface area contributed by atoms with Gasteiger partial charge < -0.3 is 30.3 Å². The molecule has 0 fully saturated rings. The van der Waals surface area contributed by atoms with Gasteiger partial charge in [0.05, 0.1) is 20.3 Å². The first-order chi connectivity index (χ1) is 13.6. The van der Waals surface area contributed by atoms with Crippen LogP contribution in [0.2, 0.25) is 0 Å². The zero-order valence-electron chi connectivity index (χ0n) is 18.5. The SMILES string of the molecule is COc1cc2c(cc1OC)C(CNC(=O)NC(C)C)N(C(=O)NC(C)(C)C)CC2. The van der Waals surface area contributed by atoms with E-state index in [1.54, 1.807) is 19.1 Å². The Morgan fingerprint density at radius 2 is 1.79 bits per heavy atom. The van der Waals surface area contributed by atoms with Crippen LogP contribution in [0, 0.1) is 0 Å². The molecule has 0 radical (unpaired) electrons. The first-order valence-electron chi connectivity index (χ1n) is 9.93. The molecule has 0 saturated carbocycles. The minimum absolute atomic E-state index is 0.0262. The number of nitrogens with one attached hydrogen (secondary N) is 3. The highest BCUT2D eigenvalue weighted by Crippen LogP contribution is 2.38. The lowest BCUT2D eigenvalue weighted by molar-refractivity contribution is 0.159. The highest BCUT2D eigenvalue weighted by molar-refractivity contribution is 5.77. The lowest BCUT2D eigenvalue weighted by Crippen LogP contribution is -2.54. The topological polar surface area (TPSA) is 91.9 Å². The maximum atomic E-state index is 13.0. The average Bonchev–Trinajstić information content (AvgIpc) is 2.62. The second-order valence-electron chi connectivity index (χ2n) is 8.55. The molecule has 1 aromatic carbocycles. The number of nitrogens with zero attached hydrogens (tertiary/aromatic N) is 1. The molecule has 0 aromatic heterocycles. The molecule has 29 heavy (non-hydrogen) atoms. The number of carbonyl (C=O) groups excluding carboxylic acids is 2. The molecule has 162 valence electrons. The summed E-state index contributed by atoms with van der Waals surface area (Å²) in [5, 5.41) is 8.73. The van der Waals surface area contributed by atoms with Crippen molar-refractivity contribution in [3.05, 3.63) is 23.3 Å². The van der Waals surface area contributed by atoms with Crippen LogP contribution in [0.25, 0.3) is 0 Å². The number of hydrogen-bond donors (Lipinski definition) is 3. The Kier molecular flexibility index (Phi) is 7.21. The number of benzene rings is 1. The van der Waals surface area contributed by atoms with Crippen LogP contribution in [-0.4, -0.2) is 55.9 Å². The maximum absolute atomic E-state index is 13.0. The molecule has 1 aliphatic rings. The summed E-state index contributed by atoms with van der Waals surface area (Å²) in [4.78, 5) is 26.9. The summed E-state index contributed by atoms with van der Waals surface area (Å²) in [5.74, 6) is 1.25. The molecular weight excluding hydrogens is 372 g/mol. The number of rotatable bonds is 5. The second-order valence-corrected chi connectivity index (χ2v) is 8.55. The van der Waals surface area contributed by atoms with Crippen LogP contribution >= 0.6 is 0 Å². The fraction of sp³-hybridized carbons (Fsp3) is 0.619. The van der Waals surface area contributed by atoms with Gasteiger partial charge in [-0.05, 0) is 64.3 Å². The fourth-order valence-corrected chi connectivity index (χ4v) is 3.39. The van der Waals surface area contributed by atoms with Crippen LogP contribution in [0.1, 0.15) is 51.8 Å². The van der Waals surface area contributed by atoms with E-state index < -0.39 is 0 Å². The molecular formula is C21H34N4O4. The summed E-state index contributed by atoms with van der Waals surface area (Å²) in [6.45, 7) is 10.5. The van der Waals surface area contributed by atoms with Gasteiger partial charge in [0.15, 0.2) is 11.5 Å². The van der Waals surface area contributed by atoms with E-state index in [0.717, 1.165) is 11.1 Å². The van der Waals surface area contributed by atoms with Gasteiger partial charge in [-0.1, -0.05) is 0 Å². The molecule has 1 aliphatic heterocycles. The van der Waals surface area contributed by atoms with Crippen LogP contribution in [0.15, 0.2) is 12.1 Å². The number of methoxy groups -OCH3 is 2. The van der Waals surface area contributed by atoms with Gasteiger partial charge in [-0.3, -0.25) is 0 Å². The first-order valence-corrected chi connectivity index (χ1v) is 9.93. The molecule has 4 amide bonds. The normalized spacial score (nSPS) is 16.1. The predicted octanol–water partition coefficient (Wildman–Crippen LogP) is 2.82. The molecule has 1 aromatic rings. The summed E-state index contributed by atoms with van der Waals surface area (Å²) >= 11 is 0. The van der Waals surface area contributed by atoms with E-state index in [-0.39, 0.29) is 29.7 Å². The van der Waals surface area contributed by atoms with Gasteiger partial charge >= 0.3 is 12.1 Å². The summed E-state index contributed by atoms with van der Waals surface area (Å²) in [7, 11) is 3.19. The molecule has 0 saturated heterocycles. The van der Waals surface area contributed by atoms with E-state index in [1.807, 2.05) is 46.8 Å². The van der Waals surface area contributed by atoms with Gasteiger partial charge in [0.25, 0.3) is 0 Å². The Labute approximate surface area is 173 Å². The highest BCUT2D eigenvalue weighted by Gasteiger charge is 2.33. The van der Waals surface area contributed by atoms with E-state index in [0.29, 0.717) is 31.0 Å². The van der Waals surface area contributed by atoms with Crippen molar-refractivity contribution >= 4 is 12.1 Å². The highest BCUT2D eigenvalue weighted by atomic mass is 16.5. The zero-order chi connectivity index (χ0) is 21.8. The quantitative estimate of drug-likeness (QED) is 0.701. The van der Waals surface area contributed by atoms with Gasteiger partial charge in [0.1, 0.15) is 0 Å². The summed E-state index contributed by atoms with van der Waals surface area (Å²) in [6.07, 6.45) is 0.696. The van der Waals surface area contributed by atoms with Crippen LogP contribution in [0.3, 0.4) is 0 Å². The Hall–Kier alpha value is -2.64. The van der Waals surface area contributed by atoms with Crippen molar-refractivity contribution in [3.63, 3.8) is 0 Å². The van der Waals surface area contributed by atoms with Crippen LogP contribution < -0.4 is 25.4 Å². The van der Waals surface area contributed by atoms with Crippen molar-refractivity contribution < 1.29 is 19.1 Å². The van der Waals surface area contributed by atoms with E-state index in [1.165, 1.54) is 0 Å². The Morgan fingerprint density at radius 3 is 2.34 bits per heavy atom. The number of hydrogen-bond acceptors (Lipinski definition) is 4. The third-order valence-corrected chi connectivity index (χ3v) is 4.62. The van der Waals surface area contributed by atoms with Crippen LogP contribution in [0.5, 0.6) is 11.5 Å². The molecule has 3 N–H and O–H groups in total. The number of urea groups is 2. The lowest BCUT2D eigenvalue weighted by Gasteiger charge is -2.39. The van der Waals surface area contributed by atoms with Gasteiger partial charge in [-0.25, -0.2) is 9.59 Å². The van der Waals surface area contributed by atoms with Crippen molar-refractivity contribution in [3.8, 4) is 11.5 Å². The third-order valence-electron chi connectivity index (χ3n) is 4.62. The smallest absolute Gasteiger partial charge is 0.318 e. The summed E-state index contributed by atoms with van der Waals surface area (Å²) in [6, 6.07) is 3.14. The molecule has 0 aliphatic carbocycles. The molecule has 8 heteroatoms. The molecule has 8 nitrogen and oxygen atoms in total. The Morgan fingerprint density at radius 1 is 1.17 bits per heavy atom. The molecule has 1 atom stereocenters. The minimum Gasteiger partial charge on any atom is -0.493 e. The van der Waals surface area contributed by atoms with Crippen molar-refractivity contribution in [1.82, 2.24) is 20.9 Å². The van der Waals surface area contributed by atoms with E-state index in [9.17, 15) is 9.59 Å². The van der Waals surface area contributed by atoms with E-state index in [2.05, 4.69) is 16.0 Å². The van der Waals surface area contributed by atoms with Crippen molar-refractivity contribution in [2.75, 3.05) is 27.3 Å². The number of ether oxygens (including phenoxy) is 2. The lowest BCUT2D eigenvalue weighted by atomic mass is 9.91. The largest absolute Gasteiger partial charge is 0.493 e. The standard InChI is InChI=1S/C21H34N4O4/c1-13(2)23-19(26)22-12-16-15-11-18(29-7)17(28-6)10-14(15)8-9-25(16)20(27)24-21(3,4)5/h10-11,13,16H,8-9,12H2,1-7H3,(H,24,27)(H2,22,23,26). The minimum atomic E-state index is -0.359. The van der Waals surface area contributed by atoms with Gasteiger partial charge in [0, 0.05) is 24.7 Å². The molecule has 0 spiro atoms. The van der Waals surface area contributed by atoms with Gasteiger partial charge in [-0.15, -0.1) is 0 Å². The van der Waals surface area contributed by atoms with Crippen LogP contribution in [-0.2, 0) is 6.42 Å². The number of amides is 4. The number of fused-ring (bicyclic) bond motifs is 1. The molecule has 1 heterocycles. The maximum Gasteiger partial charge on any atom is 0.318 e. The molecule has 2 rings (SSSR count). The first kappa shape index (κ1) is 22.6. The Bertz CT molecular complexity index is 743.